The number of aromatic nitrogens is 2. The summed E-state index contributed by atoms with van der Waals surface area (Å²) in [6.07, 6.45) is -0.0285. The number of hydrogen-bond acceptors (Lipinski definition) is 6. The minimum Gasteiger partial charge on any atom is -0.346 e. The van der Waals surface area contributed by atoms with Gasteiger partial charge in [0.15, 0.2) is 14.6 Å². The second-order valence-corrected chi connectivity index (χ2v) is 11.2. The molecule has 0 radical (unpaired) electrons. The topological polar surface area (TPSA) is 90.8 Å². The number of rotatable bonds is 6. The van der Waals surface area contributed by atoms with E-state index in [2.05, 4.69) is 24.8 Å². The quantitative estimate of drug-likeness (QED) is 0.568. The van der Waals surface area contributed by atoms with E-state index < -0.39 is 9.84 Å². The summed E-state index contributed by atoms with van der Waals surface area (Å²) in [5.41, 5.74) is 1.90. The van der Waals surface area contributed by atoms with Crippen LogP contribution < -0.4 is 4.80 Å². The normalized spacial score (nSPS) is 16.2. The lowest BCUT2D eigenvalue weighted by Crippen LogP contribution is -2.48. The second kappa shape index (κ2) is 9.38. The van der Waals surface area contributed by atoms with Crippen LogP contribution in [-0.4, -0.2) is 72.7 Å². The van der Waals surface area contributed by atoms with Gasteiger partial charge >= 0.3 is 0 Å². The number of nitrogens with one attached hydrogen (secondary N) is 1. The van der Waals surface area contributed by atoms with Crippen LogP contribution in [0.5, 0.6) is 0 Å². The molecule has 1 aliphatic rings. The van der Waals surface area contributed by atoms with Gasteiger partial charge in [-0.15, -0.1) is 11.3 Å². The molecule has 172 valence electrons. The molecule has 1 aromatic carbocycles. The van der Waals surface area contributed by atoms with Gasteiger partial charge in [0.1, 0.15) is 5.03 Å². The van der Waals surface area contributed by atoms with Gasteiger partial charge in [-0.25, -0.2) is 8.42 Å². The van der Waals surface area contributed by atoms with Crippen molar-refractivity contribution in [3.05, 3.63) is 45.2 Å². The molecule has 3 heterocycles. The Kier molecular flexibility index (Phi) is 6.75. The summed E-state index contributed by atoms with van der Waals surface area (Å²) in [4.78, 5) is 24.9. The molecule has 1 aliphatic heterocycles. The zero-order valence-corrected chi connectivity index (χ0v) is 20.4. The highest BCUT2D eigenvalue weighted by Gasteiger charge is 2.25. The molecule has 0 spiro atoms. The van der Waals surface area contributed by atoms with Gasteiger partial charge in [-0.05, 0) is 24.3 Å². The average molecular weight is 496 g/mol. The van der Waals surface area contributed by atoms with Crippen LogP contribution in [0.2, 0.25) is 5.02 Å². The summed E-state index contributed by atoms with van der Waals surface area (Å²) < 4.78 is 27.6. The maximum atomic E-state index is 12.7. The van der Waals surface area contributed by atoms with Crippen molar-refractivity contribution in [1.29, 1.82) is 0 Å². The first-order valence-corrected chi connectivity index (χ1v) is 13.3. The number of nitrogens with zero attached hydrogens (tertiary/aromatic N) is 4. The van der Waals surface area contributed by atoms with Crippen molar-refractivity contribution < 1.29 is 13.2 Å². The zero-order valence-electron chi connectivity index (χ0n) is 18.0. The maximum Gasteiger partial charge on any atom is 0.223 e. The fourth-order valence-corrected chi connectivity index (χ4v) is 6.14. The number of piperazine rings is 1. The third kappa shape index (κ3) is 4.93. The lowest BCUT2D eigenvalue weighted by molar-refractivity contribution is -0.132. The molecule has 8 nitrogen and oxygen atoms in total. The van der Waals surface area contributed by atoms with Gasteiger partial charge in [0.25, 0.3) is 0 Å². The van der Waals surface area contributed by atoms with Crippen LogP contribution >= 0.6 is 22.9 Å². The smallest absolute Gasteiger partial charge is 0.223 e. The first-order valence-electron chi connectivity index (χ1n) is 10.3. The van der Waals surface area contributed by atoms with Crippen molar-refractivity contribution in [2.75, 3.05) is 39.0 Å². The Morgan fingerprint density at radius 3 is 2.66 bits per heavy atom. The Labute approximate surface area is 196 Å². The van der Waals surface area contributed by atoms with Crippen LogP contribution in [0, 0.1) is 0 Å². The summed E-state index contributed by atoms with van der Waals surface area (Å²) in [7, 11) is 0.203. The summed E-state index contributed by atoms with van der Waals surface area (Å²) in [5.74, 6) is -0.346. The summed E-state index contributed by atoms with van der Waals surface area (Å²) >= 11 is 7.60. The van der Waals surface area contributed by atoms with E-state index in [0.29, 0.717) is 23.6 Å². The number of aromatic amines is 1. The van der Waals surface area contributed by atoms with E-state index in [4.69, 9.17) is 11.6 Å². The molecule has 0 unspecified atom stereocenters. The molecule has 1 saturated heterocycles. The fourth-order valence-electron chi connectivity index (χ4n) is 3.87. The minimum atomic E-state index is -3.59. The summed E-state index contributed by atoms with van der Waals surface area (Å²) in [6, 6.07) is 6.73. The van der Waals surface area contributed by atoms with Crippen LogP contribution in [0.15, 0.2) is 39.7 Å². The molecular formula is C21H26ClN5O3S2. The predicted octanol–water partition coefficient (Wildman–Crippen LogP) is 2.26. The Hall–Kier alpha value is -2.14. The molecule has 2 aromatic heterocycles. The van der Waals surface area contributed by atoms with Crippen LogP contribution in [0.3, 0.4) is 0 Å². The van der Waals surface area contributed by atoms with Gasteiger partial charge < -0.3 is 14.5 Å². The molecule has 32 heavy (non-hydrogen) atoms. The van der Waals surface area contributed by atoms with Crippen LogP contribution in [0.4, 0.5) is 0 Å². The number of benzene rings is 1. The molecule has 11 heteroatoms. The van der Waals surface area contributed by atoms with Gasteiger partial charge in [0.05, 0.1) is 5.75 Å². The largest absolute Gasteiger partial charge is 0.346 e. The van der Waals surface area contributed by atoms with Crippen LogP contribution in [-0.2, 0) is 28.2 Å². The number of carbonyl (C=O) groups is 1. The molecule has 1 N–H and O–H groups in total. The number of sulfone groups is 1. The standard InChI is InChI=1S/C21H26ClN5O3S2/c1-23-21-25(2)17(14-31-21)13-26-6-8-27(9-7-26)20(28)5-10-32(29,30)19-12-15-11-16(22)3-4-18(15)24-19/h3-4,11-12,14,24H,5-10,13H2,1-2H3/b23-21-. The van der Waals surface area contributed by atoms with E-state index in [9.17, 15) is 13.2 Å². The van der Waals surface area contributed by atoms with Gasteiger partial charge in [-0.1, -0.05) is 11.6 Å². The minimum absolute atomic E-state index is 0.0285. The maximum absolute atomic E-state index is 12.7. The molecule has 0 saturated carbocycles. The summed E-state index contributed by atoms with van der Waals surface area (Å²) in [5, 5.41) is 3.51. The third-order valence-electron chi connectivity index (χ3n) is 5.80. The van der Waals surface area contributed by atoms with Gasteiger partial charge in [-0.3, -0.25) is 14.7 Å². The number of fused-ring (bicyclic) bond motifs is 1. The number of H-pyrrole nitrogens is 1. The molecule has 1 amide bonds. The van der Waals surface area contributed by atoms with E-state index in [1.807, 2.05) is 7.05 Å². The Balaban J connectivity index is 1.31. The lowest BCUT2D eigenvalue weighted by atomic mass is 10.2. The van der Waals surface area contributed by atoms with Crippen molar-refractivity contribution in [1.82, 2.24) is 19.4 Å². The second-order valence-electron chi connectivity index (χ2n) is 7.88. The van der Waals surface area contributed by atoms with Crippen molar-refractivity contribution >= 4 is 49.6 Å². The molecule has 0 atom stereocenters. The van der Waals surface area contributed by atoms with Gasteiger partial charge in [0, 0.05) is 80.2 Å². The highest BCUT2D eigenvalue weighted by Crippen LogP contribution is 2.23. The highest BCUT2D eigenvalue weighted by molar-refractivity contribution is 7.91. The van der Waals surface area contributed by atoms with Gasteiger partial charge in [-0.2, -0.15) is 0 Å². The number of hydrogen-bond donors (Lipinski definition) is 1. The van der Waals surface area contributed by atoms with Crippen molar-refractivity contribution in [2.24, 2.45) is 12.0 Å². The highest BCUT2D eigenvalue weighted by atomic mass is 35.5. The first kappa shape index (κ1) is 23.0. The number of thiazole rings is 1. The van der Waals surface area contributed by atoms with Crippen molar-refractivity contribution in [3.8, 4) is 0 Å². The van der Waals surface area contributed by atoms with E-state index in [0.717, 1.165) is 29.8 Å². The molecule has 0 bridgehead atoms. The SMILES string of the molecule is C/N=c1\scc(CN2CCN(C(=O)CCS(=O)(=O)c3cc4cc(Cl)ccc4[nH]3)CC2)n1C. The first-order chi connectivity index (χ1) is 15.3. The lowest BCUT2D eigenvalue weighted by Gasteiger charge is -2.34. The van der Waals surface area contributed by atoms with Crippen LogP contribution in [0.1, 0.15) is 12.1 Å². The molecular weight excluding hydrogens is 470 g/mol. The molecule has 0 aliphatic carbocycles. The Morgan fingerprint density at radius 1 is 1.22 bits per heavy atom. The Bertz CT molecular complexity index is 1300. The average Bonchev–Trinajstić information content (AvgIpc) is 3.36. The number of carbonyl (C=O) groups excluding carboxylic acids is 1. The van der Waals surface area contributed by atoms with E-state index in [1.165, 1.54) is 5.69 Å². The summed E-state index contributed by atoms with van der Waals surface area (Å²) in [6.45, 7) is 3.53. The van der Waals surface area contributed by atoms with E-state index in [-0.39, 0.29) is 23.1 Å². The zero-order chi connectivity index (χ0) is 22.9. The molecule has 3 aromatic rings. The predicted molar refractivity (Wildman–Crippen MR) is 127 cm³/mol. The van der Waals surface area contributed by atoms with Crippen LogP contribution in [0.25, 0.3) is 10.9 Å². The Morgan fingerprint density at radius 2 is 1.97 bits per heavy atom. The van der Waals surface area contributed by atoms with E-state index in [1.54, 1.807) is 47.5 Å². The van der Waals surface area contributed by atoms with Crippen molar-refractivity contribution in [3.63, 3.8) is 0 Å². The van der Waals surface area contributed by atoms with Gasteiger partial charge in [0.2, 0.25) is 5.91 Å². The van der Waals surface area contributed by atoms with E-state index >= 15 is 0 Å². The third-order valence-corrected chi connectivity index (χ3v) is 8.72. The van der Waals surface area contributed by atoms with Crippen molar-refractivity contribution in [2.45, 2.75) is 18.0 Å². The number of halogens is 1. The molecule has 1 fully saturated rings. The fraction of sp³-hybridized carbons (Fsp3) is 0.429. The monoisotopic (exact) mass is 495 g/mol. The number of amides is 1. The molecule has 4 rings (SSSR count).